The number of hydrogen-bond acceptors (Lipinski definition) is 3. The Morgan fingerprint density at radius 2 is 2.23 bits per heavy atom. The van der Waals surface area contributed by atoms with Crippen molar-refractivity contribution in [2.24, 2.45) is 0 Å². The van der Waals surface area contributed by atoms with Crippen LogP contribution in [-0.2, 0) is 9.53 Å². The fraction of sp³-hybridized carbons (Fsp3) is 0.700. The van der Waals surface area contributed by atoms with Crippen molar-refractivity contribution in [1.82, 2.24) is 5.32 Å². The van der Waals surface area contributed by atoms with Gasteiger partial charge < -0.3 is 10.1 Å². The zero-order valence-corrected chi connectivity index (χ0v) is 8.72. The number of ether oxygens (including phenoxy) is 1. The van der Waals surface area contributed by atoms with Crippen molar-refractivity contribution in [3.8, 4) is 0 Å². The molecule has 0 bridgehead atoms. The van der Waals surface area contributed by atoms with E-state index in [1.807, 2.05) is 7.05 Å². The highest BCUT2D eigenvalue weighted by atomic mass is 16.5. The Balaban J connectivity index is 3.54. The van der Waals surface area contributed by atoms with Crippen LogP contribution in [0.5, 0.6) is 0 Å². The molecule has 0 spiro atoms. The first-order valence-corrected chi connectivity index (χ1v) is 4.61. The number of esters is 1. The van der Waals surface area contributed by atoms with Gasteiger partial charge in [-0.2, -0.15) is 0 Å². The van der Waals surface area contributed by atoms with Gasteiger partial charge in [-0.15, -0.1) is 0 Å². The van der Waals surface area contributed by atoms with Crippen LogP contribution in [0.25, 0.3) is 0 Å². The zero-order chi connectivity index (χ0) is 10.3. The summed E-state index contributed by atoms with van der Waals surface area (Å²) in [7, 11) is 1.91. The molecule has 0 fully saturated rings. The molecular weight excluding hydrogens is 166 g/mol. The molecule has 0 aliphatic rings. The normalized spacial score (nSPS) is 12.2. The van der Waals surface area contributed by atoms with Gasteiger partial charge in [0, 0.05) is 11.6 Å². The molecule has 0 aromatic carbocycles. The Morgan fingerprint density at radius 3 is 2.62 bits per heavy atom. The molecule has 3 heteroatoms. The van der Waals surface area contributed by atoms with E-state index >= 15 is 0 Å². The van der Waals surface area contributed by atoms with Gasteiger partial charge >= 0.3 is 5.97 Å². The number of carbonyl (C=O) groups is 1. The maximum Gasteiger partial charge on any atom is 0.333 e. The molecule has 0 saturated heterocycles. The minimum Gasteiger partial charge on any atom is -0.462 e. The predicted octanol–water partition coefficient (Wildman–Crippen LogP) is 1.49. The summed E-state index contributed by atoms with van der Waals surface area (Å²) in [6, 6.07) is 0.429. The lowest BCUT2D eigenvalue weighted by atomic mass is 10.2. The summed E-state index contributed by atoms with van der Waals surface area (Å²) in [6.45, 7) is 7.72. The topological polar surface area (TPSA) is 38.3 Å². The second-order valence-corrected chi connectivity index (χ2v) is 3.10. The smallest absolute Gasteiger partial charge is 0.333 e. The highest BCUT2D eigenvalue weighted by Crippen LogP contribution is 1.99. The molecule has 0 amide bonds. The van der Waals surface area contributed by atoms with Crippen LogP contribution in [0, 0.1) is 0 Å². The van der Waals surface area contributed by atoms with Crippen LogP contribution < -0.4 is 5.32 Å². The van der Waals surface area contributed by atoms with E-state index in [4.69, 9.17) is 4.74 Å². The number of rotatable bonds is 6. The lowest BCUT2D eigenvalue weighted by Gasteiger charge is -2.13. The molecule has 76 valence electrons. The lowest BCUT2D eigenvalue weighted by molar-refractivity contribution is -0.139. The van der Waals surface area contributed by atoms with Gasteiger partial charge in [-0.05, 0) is 26.8 Å². The van der Waals surface area contributed by atoms with Crippen molar-refractivity contribution in [3.05, 3.63) is 12.2 Å². The van der Waals surface area contributed by atoms with Gasteiger partial charge in [0.1, 0.15) is 0 Å². The van der Waals surface area contributed by atoms with E-state index in [9.17, 15) is 4.79 Å². The molecule has 0 heterocycles. The molecule has 1 unspecified atom stereocenters. The first-order valence-electron chi connectivity index (χ1n) is 4.61. The molecule has 0 radical (unpaired) electrons. The summed E-state index contributed by atoms with van der Waals surface area (Å²) < 4.78 is 4.96. The third-order valence-corrected chi connectivity index (χ3v) is 1.95. The third-order valence-electron chi connectivity index (χ3n) is 1.95. The second kappa shape index (κ2) is 6.66. The molecule has 1 N–H and O–H groups in total. The largest absolute Gasteiger partial charge is 0.462 e. The minimum absolute atomic E-state index is 0.300. The van der Waals surface area contributed by atoms with Crippen LogP contribution in [0.2, 0.25) is 0 Å². The summed E-state index contributed by atoms with van der Waals surface area (Å²) in [4.78, 5) is 11.0. The van der Waals surface area contributed by atoms with Crippen LogP contribution in [0.15, 0.2) is 12.2 Å². The Kier molecular flexibility index (Phi) is 6.24. The van der Waals surface area contributed by atoms with E-state index < -0.39 is 0 Å². The van der Waals surface area contributed by atoms with Crippen LogP contribution in [0.4, 0.5) is 0 Å². The average Bonchev–Trinajstić information content (AvgIpc) is 2.12. The maximum atomic E-state index is 11.0. The Labute approximate surface area is 80.2 Å². The average molecular weight is 185 g/mol. The van der Waals surface area contributed by atoms with Crippen molar-refractivity contribution >= 4 is 5.97 Å². The van der Waals surface area contributed by atoms with Gasteiger partial charge in [-0.3, -0.25) is 0 Å². The Bertz CT molecular complexity index is 174. The number of nitrogens with one attached hydrogen (secondary N) is 1. The molecule has 0 aliphatic heterocycles. The summed E-state index contributed by atoms with van der Waals surface area (Å²) >= 11 is 0. The first-order chi connectivity index (χ1) is 6.11. The molecule has 0 aromatic heterocycles. The molecule has 0 aliphatic carbocycles. The summed E-state index contributed by atoms with van der Waals surface area (Å²) in [5.41, 5.74) is 0.456. The Morgan fingerprint density at radius 1 is 1.62 bits per heavy atom. The van der Waals surface area contributed by atoms with Gasteiger partial charge in [-0.25, -0.2) is 4.79 Å². The van der Waals surface area contributed by atoms with Gasteiger partial charge in [0.15, 0.2) is 0 Å². The minimum atomic E-state index is -0.300. The van der Waals surface area contributed by atoms with Gasteiger partial charge in [-0.1, -0.05) is 13.5 Å². The zero-order valence-electron chi connectivity index (χ0n) is 8.72. The standard InChI is InChI=1S/C10H19NO2/c1-5-9(11-4)6-7-13-10(12)8(2)3/h9,11H,2,5-7H2,1,3-4H3. The number of carbonyl (C=O) groups excluding carboxylic acids is 1. The predicted molar refractivity (Wildman–Crippen MR) is 53.5 cm³/mol. The van der Waals surface area contributed by atoms with Crippen LogP contribution in [0.1, 0.15) is 26.7 Å². The molecule has 0 rings (SSSR count). The van der Waals surface area contributed by atoms with Crippen molar-refractivity contribution in [3.63, 3.8) is 0 Å². The maximum absolute atomic E-state index is 11.0. The first kappa shape index (κ1) is 12.2. The molecule has 0 saturated carbocycles. The molecule has 13 heavy (non-hydrogen) atoms. The Hall–Kier alpha value is -0.830. The monoisotopic (exact) mass is 185 g/mol. The summed E-state index contributed by atoms with van der Waals surface area (Å²) in [6.07, 6.45) is 1.90. The fourth-order valence-corrected chi connectivity index (χ4v) is 0.970. The van der Waals surface area contributed by atoms with Crippen LogP contribution in [-0.4, -0.2) is 25.7 Å². The third kappa shape index (κ3) is 5.42. The van der Waals surface area contributed by atoms with E-state index in [0.29, 0.717) is 18.2 Å². The van der Waals surface area contributed by atoms with Crippen molar-refractivity contribution in [1.29, 1.82) is 0 Å². The quantitative estimate of drug-likeness (QED) is 0.503. The molecule has 3 nitrogen and oxygen atoms in total. The second-order valence-electron chi connectivity index (χ2n) is 3.10. The van der Waals surface area contributed by atoms with Gasteiger partial charge in [0.2, 0.25) is 0 Å². The fourth-order valence-electron chi connectivity index (χ4n) is 0.970. The van der Waals surface area contributed by atoms with Crippen molar-refractivity contribution in [2.75, 3.05) is 13.7 Å². The van der Waals surface area contributed by atoms with E-state index in [0.717, 1.165) is 12.8 Å². The van der Waals surface area contributed by atoms with Crippen molar-refractivity contribution < 1.29 is 9.53 Å². The molecular formula is C10H19NO2. The highest BCUT2D eigenvalue weighted by Gasteiger charge is 2.06. The van der Waals surface area contributed by atoms with Gasteiger partial charge in [0.25, 0.3) is 0 Å². The van der Waals surface area contributed by atoms with E-state index in [1.165, 1.54) is 0 Å². The lowest BCUT2D eigenvalue weighted by Crippen LogP contribution is -2.26. The number of hydrogen-bond donors (Lipinski definition) is 1. The SMILES string of the molecule is C=C(C)C(=O)OCCC(CC)NC. The van der Waals surface area contributed by atoms with Crippen molar-refractivity contribution in [2.45, 2.75) is 32.7 Å². The van der Waals surface area contributed by atoms with Crippen LogP contribution in [0.3, 0.4) is 0 Å². The summed E-state index contributed by atoms with van der Waals surface area (Å²) in [5, 5.41) is 3.14. The van der Waals surface area contributed by atoms with E-state index in [1.54, 1.807) is 6.92 Å². The summed E-state index contributed by atoms with van der Waals surface area (Å²) in [5.74, 6) is -0.300. The van der Waals surface area contributed by atoms with E-state index in [2.05, 4.69) is 18.8 Å². The highest BCUT2D eigenvalue weighted by molar-refractivity contribution is 5.86. The molecule has 1 atom stereocenters. The van der Waals surface area contributed by atoms with Crippen LogP contribution >= 0.6 is 0 Å². The molecule has 0 aromatic rings. The van der Waals surface area contributed by atoms with E-state index in [-0.39, 0.29) is 5.97 Å². The van der Waals surface area contributed by atoms with Gasteiger partial charge in [0.05, 0.1) is 6.61 Å².